The van der Waals surface area contributed by atoms with E-state index in [0.717, 1.165) is 22.3 Å². The number of carboxylic acids is 1. The summed E-state index contributed by atoms with van der Waals surface area (Å²) >= 11 is 0. The lowest BCUT2D eigenvalue weighted by atomic mass is 9.98. The normalized spacial score (nSPS) is 16.2. The van der Waals surface area contributed by atoms with Gasteiger partial charge in [-0.3, -0.25) is 4.79 Å². The first-order valence-electron chi connectivity index (χ1n) is 11.1. The topological polar surface area (TPSA) is 95.9 Å². The third-order valence-corrected chi connectivity index (χ3v) is 6.69. The first kappa shape index (κ1) is 22.6. The zero-order valence-electron chi connectivity index (χ0n) is 18.6. The van der Waals surface area contributed by atoms with Crippen molar-refractivity contribution in [3.05, 3.63) is 72.3 Å². The second kappa shape index (κ2) is 9.10. The van der Waals surface area contributed by atoms with Crippen LogP contribution in [0.25, 0.3) is 11.1 Å². The number of nitrogens with one attached hydrogen (secondary N) is 1. The van der Waals surface area contributed by atoms with Crippen molar-refractivity contribution in [1.29, 1.82) is 0 Å². The van der Waals surface area contributed by atoms with E-state index in [9.17, 15) is 19.5 Å². The third kappa shape index (κ3) is 4.23. The van der Waals surface area contributed by atoms with Crippen LogP contribution in [0.4, 0.5) is 4.79 Å². The van der Waals surface area contributed by atoms with Crippen LogP contribution in [0.15, 0.2) is 61.2 Å². The van der Waals surface area contributed by atoms with E-state index in [1.807, 2.05) is 36.4 Å². The van der Waals surface area contributed by atoms with Gasteiger partial charge in [-0.1, -0.05) is 54.6 Å². The van der Waals surface area contributed by atoms with Crippen molar-refractivity contribution in [2.24, 2.45) is 0 Å². The number of rotatable bonds is 9. The van der Waals surface area contributed by atoms with Crippen LogP contribution in [0.2, 0.25) is 0 Å². The molecule has 4 rings (SSSR count). The van der Waals surface area contributed by atoms with Crippen LogP contribution >= 0.6 is 0 Å². The second-order valence-corrected chi connectivity index (χ2v) is 8.62. The van der Waals surface area contributed by atoms with E-state index in [1.54, 1.807) is 6.08 Å². The molecule has 0 aromatic heterocycles. The van der Waals surface area contributed by atoms with E-state index < -0.39 is 29.6 Å². The minimum absolute atomic E-state index is 0.0881. The number of likely N-dealkylation sites (N-methyl/N-ethyl adjacent to an activating group) is 1. The highest BCUT2D eigenvalue weighted by Gasteiger charge is 2.56. The van der Waals surface area contributed by atoms with E-state index in [2.05, 4.69) is 24.0 Å². The van der Waals surface area contributed by atoms with Crippen LogP contribution < -0.4 is 5.32 Å². The fourth-order valence-corrected chi connectivity index (χ4v) is 4.58. The number of fused-ring (bicyclic) bond motifs is 3. The summed E-state index contributed by atoms with van der Waals surface area (Å²) in [6.07, 6.45) is 2.57. The molecule has 0 spiro atoms. The number of allylic oxidation sites excluding steroid dienone is 1. The number of carbonyl (C=O) groups is 3. The van der Waals surface area contributed by atoms with Crippen LogP contribution in [0.3, 0.4) is 0 Å². The number of hydrogen-bond acceptors (Lipinski definition) is 4. The predicted molar refractivity (Wildman–Crippen MR) is 124 cm³/mol. The number of nitrogens with zero attached hydrogens (tertiary/aromatic N) is 1. The minimum atomic E-state index is -1.17. The number of ether oxygens (including phenoxy) is 1. The molecule has 0 radical (unpaired) electrons. The van der Waals surface area contributed by atoms with E-state index in [0.29, 0.717) is 25.7 Å². The smallest absolute Gasteiger partial charge is 0.407 e. The molecule has 2 aliphatic rings. The first-order valence-corrected chi connectivity index (χ1v) is 11.1. The van der Waals surface area contributed by atoms with Crippen LogP contribution in [-0.2, 0) is 14.3 Å². The molecular weight excluding hydrogens is 420 g/mol. The van der Waals surface area contributed by atoms with E-state index in [4.69, 9.17) is 4.74 Å². The average molecular weight is 449 g/mol. The Morgan fingerprint density at radius 1 is 1.15 bits per heavy atom. The number of alkyl carbamates (subject to hydrolysis) is 1. The molecular formula is C26H28N2O5. The van der Waals surface area contributed by atoms with Crippen molar-refractivity contribution in [2.45, 2.75) is 43.2 Å². The quantitative estimate of drug-likeness (QED) is 0.567. The molecule has 7 nitrogen and oxygen atoms in total. The summed E-state index contributed by atoms with van der Waals surface area (Å²) in [7, 11) is 1.48. The van der Waals surface area contributed by atoms with Crippen LogP contribution in [0.5, 0.6) is 0 Å². The van der Waals surface area contributed by atoms with Crippen molar-refractivity contribution in [1.82, 2.24) is 10.2 Å². The van der Waals surface area contributed by atoms with Crippen LogP contribution in [-0.4, -0.2) is 53.2 Å². The maximum Gasteiger partial charge on any atom is 0.407 e. The molecule has 2 amide bonds. The maximum atomic E-state index is 13.0. The van der Waals surface area contributed by atoms with Gasteiger partial charge >= 0.3 is 12.1 Å². The zero-order valence-corrected chi connectivity index (χ0v) is 18.6. The summed E-state index contributed by atoms with van der Waals surface area (Å²) in [6.45, 7) is 3.81. The Bertz CT molecular complexity index is 1050. The molecule has 1 unspecified atom stereocenters. The summed E-state index contributed by atoms with van der Waals surface area (Å²) in [5.41, 5.74) is 3.29. The fourth-order valence-electron chi connectivity index (χ4n) is 4.58. The molecule has 0 aliphatic heterocycles. The largest absolute Gasteiger partial charge is 0.479 e. The van der Waals surface area contributed by atoms with Gasteiger partial charge in [-0.25, -0.2) is 9.59 Å². The van der Waals surface area contributed by atoms with Gasteiger partial charge in [-0.2, -0.15) is 0 Å². The van der Waals surface area contributed by atoms with Crippen molar-refractivity contribution in [3.8, 4) is 11.1 Å². The maximum absolute atomic E-state index is 13.0. The molecule has 2 aromatic rings. The Morgan fingerprint density at radius 2 is 1.73 bits per heavy atom. The molecule has 1 fully saturated rings. The number of hydrogen-bond donors (Lipinski definition) is 2. The van der Waals surface area contributed by atoms with Crippen molar-refractivity contribution >= 4 is 18.0 Å². The second-order valence-electron chi connectivity index (χ2n) is 8.62. The van der Waals surface area contributed by atoms with Gasteiger partial charge in [0.15, 0.2) is 0 Å². The third-order valence-electron chi connectivity index (χ3n) is 6.69. The summed E-state index contributed by atoms with van der Waals surface area (Å²) in [5.74, 6) is -1.55. The summed E-state index contributed by atoms with van der Waals surface area (Å²) in [6, 6.07) is 15.2. The lowest BCUT2D eigenvalue weighted by Gasteiger charge is -2.29. The van der Waals surface area contributed by atoms with Gasteiger partial charge < -0.3 is 20.1 Å². The average Bonchev–Trinajstić information content (AvgIpc) is 3.58. The van der Waals surface area contributed by atoms with Gasteiger partial charge in [0, 0.05) is 13.0 Å². The van der Waals surface area contributed by atoms with Gasteiger partial charge in [-0.15, -0.1) is 6.58 Å². The standard InChI is InChI=1S/C26H28N2O5/c1-3-4-13-22(23(29)28(2)26(14-15-26)24(30)31)27-25(32)33-16-21-19-11-7-5-9-17(19)18-10-6-8-12-20(18)21/h3,5-12,21-22H,1,4,13-16H2,2H3,(H,27,32)(H,30,31). The van der Waals surface area contributed by atoms with Gasteiger partial charge in [0.25, 0.3) is 0 Å². The molecule has 172 valence electrons. The lowest BCUT2D eigenvalue weighted by molar-refractivity contribution is -0.151. The summed E-state index contributed by atoms with van der Waals surface area (Å²) in [5, 5.41) is 12.2. The van der Waals surface area contributed by atoms with E-state index in [1.165, 1.54) is 11.9 Å². The molecule has 2 aromatic carbocycles. The van der Waals surface area contributed by atoms with E-state index >= 15 is 0 Å². The van der Waals surface area contributed by atoms with Gasteiger partial charge in [0.1, 0.15) is 18.2 Å². The zero-order chi connectivity index (χ0) is 23.6. The van der Waals surface area contributed by atoms with Gasteiger partial charge in [0.2, 0.25) is 5.91 Å². The number of carbonyl (C=O) groups excluding carboxylic acids is 2. The number of amides is 2. The molecule has 0 saturated heterocycles. The van der Waals surface area contributed by atoms with Crippen molar-refractivity contribution in [2.75, 3.05) is 13.7 Å². The monoisotopic (exact) mass is 448 g/mol. The number of aliphatic carboxylic acids is 1. The van der Waals surface area contributed by atoms with Crippen LogP contribution in [0.1, 0.15) is 42.7 Å². The Hall–Kier alpha value is -3.61. The Balaban J connectivity index is 1.44. The molecule has 33 heavy (non-hydrogen) atoms. The molecule has 1 atom stereocenters. The molecule has 0 heterocycles. The van der Waals surface area contributed by atoms with Crippen LogP contribution in [0, 0.1) is 0 Å². The number of benzene rings is 2. The van der Waals surface area contributed by atoms with Gasteiger partial charge in [0.05, 0.1) is 0 Å². The van der Waals surface area contributed by atoms with E-state index in [-0.39, 0.29) is 12.5 Å². The predicted octanol–water partition coefficient (Wildman–Crippen LogP) is 3.94. The molecule has 2 N–H and O–H groups in total. The highest BCUT2D eigenvalue weighted by atomic mass is 16.5. The fraction of sp³-hybridized carbons (Fsp3) is 0.346. The SMILES string of the molecule is C=CCCC(NC(=O)OCC1c2ccccc2-c2ccccc21)C(=O)N(C)C1(C(=O)O)CC1. The Labute approximate surface area is 193 Å². The van der Waals surface area contributed by atoms with Crippen molar-refractivity contribution in [3.63, 3.8) is 0 Å². The highest BCUT2D eigenvalue weighted by molar-refractivity contribution is 5.93. The highest BCUT2D eigenvalue weighted by Crippen LogP contribution is 2.44. The Morgan fingerprint density at radius 3 is 2.24 bits per heavy atom. The molecule has 0 bridgehead atoms. The lowest BCUT2D eigenvalue weighted by Crippen LogP contribution is -2.53. The molecule has 7 heteroatoms. The van der Waals surface area contributed by atoms with Gasteiger partial charge in [-0.05, 0) is 47.9 Å². The number of carboxylic acid groups (broad SMARTS) is 1. The summed E-state index contributed by atoms with van der Waals surface area (Å²) in [4.78, 5) is 38.6. The van der Waals surface area contributed by atoms with Crippen molar-refractivity contribution < 1.29 is 24.2 Å². The summed E-state index contributed by atoms with van der Waals surface area (Å²) < 4.78 is 5.57. The minimum Gasteiger partial charge on any atom is -0.479 e. The Kier molecular flexibility index (Phi) is 6.22. The molecule has 1 saturated carbocycles. The first-order chi connectivity index (χ1) is 15.9. The molecule has 2 aliphatic carbocycles.